The van der Waals surface area contributed by atoms with Crippen molar-refractivity contribution >= 4 is 11.4 Å². The van der Waals surface area contributed by atoms with Gasteiger partial charge in [0.15, 0.2) is 17.2 Å². The summed E-state index contributed by atoms with van der Waals surface area (Å²) in [6.45, 7) is 2.02. The third-order valence-corrected chi connectivity index (χ3v) is 5.17. The molecule has 0 radical (unpaired) electrons. The molecule has 0 aliphatic carbocycles. The van der Waals surface area contributed by atoms with Crippen molar-refractivity contribution < 1.29 is 14.2 Å². The minimum absolute atomic E-state index is 0.132. The topological polar surface area (TPSA) is 114 Å². The molecule has 2 N–H and O–H groups in total. The molecule has 0 bridgehead atoms. The van der Waals surface area contributed by atoms with E-state index in [9.17, 15) is 4.79 Å². The fourth-order valence-corrected chi connectivity index (χ4v) is 3.49. The summed E-state index contributed by atoms with van der Waals surface area (Å²) in [7, 11) is 4.58. The Labute approximate surface area is 190 Å². The van der Waals surface area contributed by atoms with Gasteiger partial charge in [0.1, 0.15) is 0 Å². The number of methoxy groups -OCH3 is 3. The van der Waals surface area contributed by atoms with Crippen LogP contribution in [0.5, 0.6) is 17.2 Å². The molecular formula is C24H23N5O4. The zero-order chi connectivity index (χ0) is 23.4. The molecule has 0 aliphatic rings. The number of hydrogen-bond acceptors (Lipinski definition) is 7. The van der Waals surface area contributed by atoms with Crippen LogP contribution >= 0.6 is 0 Å². The second kappa shape index (κ2) is 9.39. The summed E-state index contributed by atoms with van der Waals surface area (Å²) in [5, 5.41) is 14.0. The van der Waals surface area contributed by atoms with E-state index in [0.717, 1.165) is 16.7 Å². The number of pyridine rings is 1. The Hall–Kier alpha value is -4.40. The Morgan fingerprint density at radius 1 is 0.879 bits per heavy atom. The molecule has 0 aliphatic heterocycles. The third-order valence-electron chi connectivity index (χ3n) is 5.17. The number of ether oxygens (including phenoxy) is 3. The van der Waals surface area contributed by atoms with E-state index in [2.05, 4.69) is 25.4 Å². The van der Waals surface area contributed by atoms with E-state index in [4.69, 9.17) is 14.2 Å². The second-order valence-electron chi connectivity index (χ2n) is 7.16. The number of H-pyrrole nitrogens is 2. The molecule has 2 heterocycles. The molecule has 0 spiro atoms. The van der Waals surface area contributed by atoms with Gasteiger partial charge in [-0.15, -0.1) is 5.11 Å². The lowest BCUT2D eigenvalue weighted by molar-refractivity contribution is 0.324. The van der Waals surface area contributed by atoms with E-state index in [0.29, 0.717) is 34.2 Å². The van der Waals surface area contributed by atoms with Gasteiger partial charge >= 0.3 is 0 Å². The average molecular weight is 445 g/mol. The number of hydrogen-bond donors (Lipinski definition) is 2. The molecule has 4 aromatic rings. The summed E-state index contributed by atoms with van der Waals surface area (Å²) < 4.78 is 16.2. The van der Waals surface area contributed by atoms with Gasteiger partial charge < -0.3 is 14.2 Å². The molecule has 33 heavy (non-hydrogen) atoms. The number of benzene rings is 2. The van der Waals surface area contributed by atoms with Crippen LogP contribution in [-0.4, -0.2) is 36.5 Å². The first-order valence-electron chi connectivity index (χ1n) is 10.1. The minimum atomic E-state index is -0.401. The molecular weight excluding hydrogens is 422 g/mol. The Morgan fingerprint density at radius 3 is 2.27 bits per heavy atom. The maximum atomic E-state index is 12.5. The van der Waals surface area contributed by atoms with Crippen molar-refractivity contribution in [1.29, 1.82) is 0 Å². The Balaban J connectivity index is 1.74. The van der Waals surface area contributed by atoms with Crippen LogP contribution in [0.4, 0.5) is 11.4 Å². The second-order valence-corrected chi connectivity index (χ2v) is 7.16. The highest BCUT2D eigenvalue weighted by molar-refractivity contribution is 5.76. The molecule has 4 rings (SSSR count). The van der Waals surface area contributed by atoms with Gasteiger partial charge in [-0.2, -0.15) is 5.11 Å². The molecule has 0 saturated carbocycles. The summed E-state index contributed by atoms with van der Waals surface area (Å²) in [4.78, 5) is 16.7. The Kier molecular flexibility index (Phi) is 6.21. The molecule has 168 valence electrons. The first-order valence-corrected chi connectivity index (χ1v) is 10.1. The van der Waals surface area contributed by atoms with Crippen LogP contribution in [-0.2, 0) is 0 Å². The zero-order valence-electron chi connectivity index (χ0n) is 18.7. The SMILES string of the molecule is COc1cc(-c2[nH][nH]c(=O)c2N=Nc2ccc(C)c(-c3cccnc3)c2)cc(OC)c1OC. The lowest BCUT2D eigenvalue weighted by Gasteiger charge is -2.13. The number of aromatic amines is 2. The van der Waals surface area contributed by atoms with Gasteiger partial charge in [0, 0.05) is 23.5 Å². The lowest BCUT2D eigenvalue weighted by Crippen LogP contribution is -1.97. The molecule has 0 unspecified atom stereocenters. The van der Waals surface area contributed by atoms with Gasteiger partial charge in [0.25, 0.3) is 5.56 Å². The lowest BCUT2D eigenvalue weighted by atomic mass is 10.0. The van der Waals surface area contributed by atoms with Gasteiger partial charge in [-0.05, 0) is 48.4 Å². The number of aromatic nitrogens is 3. The van der Waals surface area contributed by atoms with Crippen LogP contribution in [0.15, 0.2) is 69.9 Å². The van der Waals surface area contributed by atoms with Crippen molar-refractivity contribution in [3.63, 3.8) is 0 Å². The molecule has 0 saturated heterocycles. The summed E-state index contributed by atoms with van der Waals surface area (Å²) in [5.41, 5.74) is 4.46. The number of nitrogens with zero attached hydrogens (tertiary/aromatic N) is 3. The summed E-state index contributed by atoms with van der Waals surface area (Å²) in [6.07, 6.45) is 3.52. The highest BCUT2D eigenvalue weighted by Crippen LogP contribution is 2.42. The maximum Gasteiger partial charge on any atom is 0.292 e. The van der Waals surface area contributed by atoms with Crippen molar-refractivity contribution in [2.24, 2.45) is 10.2 Å². The van der Waals surface area contributed by atoms with Crippen molar-refractivity contribution in [3.05, 3.63) is 70.8 Å². The fourth-order valence-electron chi connectivity index (χ4n) is 3.49. The van der Waals surface area contributed by atoms with Gasteiger partial charge in [-0.1, -0.05) is 12.1 Å². The van der Waals surface area contributed by atoms with Crippen LogP contribution in [0.1, 0.15) is 5.56 Å². The molecule has 9 heteroatoms. The third kappa shape index (κ3) is 4.33. The smallest absolute Gasteiger partial charge is 0.292 e. The van der Waals surface area contributed by atoms with E-state index < -0.39 is 5.56 Å². The van der Waals surface area contributed by atoms with Gasteiger partial charge in [-0.25, -0.2) is 0 Å². The Morgan fingerprint density at radius 2 is 1.64 bits per heavy atom. The Bertz CT molecular complexity index is 1330. The highest BCUT2D eigenvalue weighted by atomic mass is 16.5. The first kappa shape index (κ1) is 21.8. The van der Waals surface area contributed by atoms with Gasteiger partial charge in [-0.3, -0.25) is 20.0 Å². The monoisotopic (exact) mass is 445 g/mol. The number of azo groups is 1. The van der Waals surface area contributed by atoms with Crippen LogP contribution < -0.4 is 19.8 Å². The maximum absolute atomic E-state index is 12.5. The van der Waals surface area contributed by atoms with Gasteiger partial charge in [0.05, 0.1) is 32.7 Å². The molecule has 2 aromatic heterocycles. The number of rotatable bonds is 7. The van der Waals surface area contributed by atoms with E-state index in [1.807, 2.05) is 37.3 Å². The highest BCUT2D eigenvalue weighted by Gasteiger charge is 2.18. The quantitative estimate of drug-likeness (QED) is 0.380. The van der Waals surface area contributed by atoms with Crippen molar-refractivity contribution in [2.45, 2.75) is 6.92 Å². The predicted octanol–water partition coefficient (Wildman–Crippen LogP) is 5.18. The summed E-state index contributed by atoms with van der Waals surface area (Å²) in [6, 6.07) is 13.0. The molecule has 0 atom stereocenters. The van der Waals surface area contributed by atoms with Crippen molar-refractivity contribution in [1.82, 2.24) is 15.2 Å². The summed E-state index contributed by atoms with van der Waals surface area (Å²) in [5.74, 6) is 1.36. The van der Waals surface area contributed by atoms with Crippen LogP contribution in [0.25, 0.3) is 22.4 Å². The van der Waals surface area contributed by atoms with Crippen molar-refractivity contribution in [3.8, 4) is 39.6 Å². The van der Waals surface area contributed by atoms with E-state index in [1.165, 1.54) is 21.3 Å². The van der Waals surface area contributed by atoms with Crippen molar-refractivity contribution in [2.75, 3.05) is 21.3 Å². The number of nitrogens with one attached hydrogen (secondary N) is 2. The van der Waals surface area contributed by atoms with E-state index in [-0.39, 0.29) is 5.69 Å². The van der Waals surface area contributed by atoms with Crippen LogP contribution in [0, 0.1) is 6.92 Å². The minimum Gasteiger partial charge on any atom is -0.493 e. The van der Waals surface area contributed by atoms with Gasteiger partial charge in [0.2, 0.25) is 5.75 Å². The largest absolute Gasteiger partial charge is 0.493 e. The van der Waals surface area contributed by atoms with Crippen LogP contribution in [0.2, 0.25) is 0 Å². The fraction of sp³-hybridized carbons (Fsp3) is 0.167. The molecule has 0 amide bonds. The van der Waals surface area contributed by atoms with Crippen LogP contribution in [0.3, 0.4) is 0 Å². The summed E-state index contributed by atoms with van der Waals surface area (Å²) >= 11 is 0. The molecule has 0 fully saturated rings. The normalized spacial score (nSPS) is 11.0. The molecule has 2 aromatic carbocycles. The average Bonchev–Trinajstić information content (AvgIpc) is 3.23. The number of aryl methyl sites for hydroxylation is 1. The van der Waals surface area contributed by atoms with E-state index in [1.54, 1.807) is 24.5 Å². The predicted molar refractivity (Wildman–Crippen MR) is 125 cm³/mol. The van der Waals surface area contributed by atoms with E-state index >= 15 is 0 Å². The standard InChI is InChI=1S/C24H23N5O4/c1-14-7-8-17(12-18(14)15-6-5-9-25-13-15)26-28-22-21(27-29-24(22)30)16-10-19(31-2)23(33-4)20(11-16)32-3/h5-13H,1-4H3,(H2,27,29,30). The first-order chi connectivity index (χ1) is 16.0. The molecule has 9 nitrogen and oxygen atoms in total. The zero-order valence-corrected chi connectivity index (χ0v) is 18.7.